The number of phenolic OH excluding ortho intramolecular Hbond substituents is 1. The number of aromatic hydroxyl groups is 1. The van der Waals surface area contributed by atoms with Crippen molar-refractivity contribution in [3.05, 3.63) is 23.8 Å². The van der Waals surface area contributed by atoms with E-state index >= 15 is 0 Å². The van der Waals surface area contributed by atoms with Gasteiger partial charge >= 0.3 is 5.97 Å². The largest absolute Gasteiger partial charge is 0.507 e. The van der Waals surface area contributed by atoms with E-state index in [2.05, 4.69) is 5.32 Å². The van der Waals surface area contributed by atoms with Crippen LogP contribution in [0.2, 0.25) is 0 Å². The topological polar surface area (TPSA) is 150 Å². The molecule has 2 atom stereocenters. The van der Waals surface area contributed by atoms with Crippen LogP contribution < -0.4 is 10.1 Å². The molecule has 0 aromatic heterocycles. The number of benzene rings is 1. The third kappa shape index (κ3) is 7.47. The molecular formula is C19H29NO10S2. The molecule has 0 spiro atoms. The lowest BCUT2D eigenvalue weighted by Gasteiger charge is -2.31. The standard InChI is InChI=1S/C19H29NO10S2/c1-18(17(22)23)13-31-19(20-18,30-32(3,24)25)15-5-4-14(12-16(15)21)29-11-10-28-9-8-27-7-6-26-2/h4-5,12,20-21H,6-11,13H2,1-3H3,(H,22,23)/t18-,19?/m1/s1. The lowest BCUT2D eigenvalue weighted by atomic mass is 10.0. The number of nitrogens with one attached hydrogen (secondary N) is 1. The highest BCUT2D eigenvalue weighted by Gasteiger charge is 2.54. The first-order chi connectivity index (χ1) is 15.0. The van der Waals surface area contributed by atoms with Crippen LogP contribution in [0.4, 0.5) is 0 Å². The molecule has 1 heterocycles. The highest BCUT2D eigenvalue weighted by Crippen LogP contribution is 2.48. The molecule has 1 saturated heterocycles. The van der Waals surface area contributed by atoms with Gasteiger partial charge in [-0.2, -0.15) is 8.42 Å². The number of aliphatic carboxylic acids is 1. The maximum absolute atomic E-state index is 11.9. The average Bonchev–Trinajstić information content (AvgIpc) is 3.04. The van der Waals surface area contributed by atoms with Gasteiger partial charge in [-0.05, 0) is 19.1 Å². The molecule has 32 heavy (non-hydrogen) atoms. The van der Waals surface area contributed by atoms with Crippen LogP contribution >= 0.6 is 11.8 Å². The number of ether oxygens (including phenoxy) is 4. The van der Waals surface area contributed by atoms with Crippen LogP contribution in [0, 0.1) is 0 Å². The normalized spacial score (nSPS) is 23.3. The van der Waals surface area contributed by atoms with Crippen LogP contribution in [-0.2, 0) is 38.4 Å². The van der Waals surface area contributed by atoms with E-state index in [1.807, 2.05) is 0 Å². The Hall–Kier alpha value is -1.61. The number of carboxylic acid groups (broad SMARTS) is 1. The summed E-state index contributed by atoms with van der Waals surface area (Å²) in [5.74, 6) is -1.15. The van der Waals surface area contributed by atoms with E-state index < -0.39 is 26.7 Å². The van der Waals surface area contributed by atoms with Gasteiger partial charge in [0.05, 0.1) is 44.9 Å². The summed E-state index contributed by atoms with van der Waals surface area (Å²) in [5.41, 5.74) is -1.39. The molecule has 1 unspecified atom stereocenters. The van der Waals surface area contributed by atoms with E-state index in [1.54, 1.807) is 7.11 Å². The quantitative estimate of drug-likeness (QED) is 0.246. The van der Waals surface area contributed by atoms with Crippen molar-refractivity contribution in [3.8, 4) is 11.5 Å². The van der Waals surface area contributed by atoms with E-state index in [4.69, 9.17) is 23.1 Å². The smallest absolute Gasteiger partial charge is 0.324 e. The van der Waals surface area contributed by atoms with E-state index in [1.165, 1.54) is 25.1 Å². The predicted octanol–water partition coefficient (Wildman–Crippen LogP) is 0.717. The maximum Gasteiger partial charge on any atom is 0.324 e. The van der Waals surface area contributed by atoms with Gasteiger partial charge in [-0.25, -0.2) is 4.18 Å². The van der Waals surface area contributed by atoms with Crippen molar-refractivity contribution < 1.29 is 46.6 Å². The molecule has 11 nitrogen and oxygen atoms in total. The molecule has 1 aromatic rings. The van der Waals surface area contributed by atoms with Gasteiger partial charge in [0.25, 0.3) is 10.1 Å². The molecule has 0 saturated carbocycles. The van der Waals surface area contributed by atoms with Gasteiger partial charge in [0.15, 0.2) is 0 Å². The molecular weight excluding hydrogens is 466 g/mol. The Kier molecular flexibility index (Phi) is 9.57. The second-order valence-electron chi connectivity index (χ2n) is 7.20. The van der Waals surface area contributed by atoms with Crippen molar-refractivity contribution in [1.29, 1.82) is 0 Å². The molecule has 0 radical (unpaired) electrons. The number of thioether (sulfide) groups is 1. The van der Waals surface area contributed by atoms with Gasteiger partial charge in [-0.15, -0.1) is 11.8 Å². The Morgan fingerprint density at radius 2 is 1.78 bits per heavy atom. The molecule has 1 aliphatic rings. The second kappa shape index (κ2) is 11.5. The zero-order valence-corrected chi connectivity index (χ0v) is 19.8. The van der Waals surface area contributed by atoms with Crippen LogP contribution in [0.1, 0.15) is 12.5 Å². The van der Waals surface area contributed by atoms with Gasteiger partial charge in [0, 0.05) is 18.9 Å². The van der Waals surface area contributed by atoms with Crippen molar-refractivity contribution >= 4 is 27.8 Å². The predicted molar refractivity (Wildman–Crippen MR) is 116 cm³/mol. The summed E-state index contributed by atoms with van der Waals surface area (Å²) >= 11 is 0.925. The fourth-order valence-electron chi connectivity index (χ4n) is 2.81. The van der Waals surface area contributed by atoms with Crippen LogP contribution in [0.5, 0.6) is 11.5 Å². The van der Waals surface area contributed by atoms with E-state index in [-0.39, 0.29) is 23.7 Å². The number of methoxy groups -OCH3 is 1. The average molecular weight is 496 g/mol. The Morgan fingerprint density at radius 3 is 2.31 bits per heavy atom. The molecule has 0 amide bonds. The summed E-state index contributed by atoms with van der Waals surface area (Å²) in [6.45, 7) is 3.76. The summed E-state index contributed by atoms with van der Waals surface area (Å²) in [7, 11) is -2.41. The minimum absolute atomic E-state index is 0.0159. The van der Waals surface area contributed by atoms with Crippen LogP contribution in [0.3, 0.4) is 0 Å². The van der Waals surface area contributed by atoms with Gasteiger partial charge in [-0.3, -0.25) is 10.1 Å². The van der Waals surface area contributed by atoms with Crippen molar-refractivity contribution in [3.63, 3.8) is 0 Å². The number of hydrogen-bond acceptors (Lipinski definition) is 11. The fourth-order valence-corrected chi connectivity index (χ4v) is 5.24. The number of carbonyl (C=O) groups is 1. The van der Waals surface area contributed by atoms with Gasteiger partial charge < -0.3 is 29.2 Å². The van der Waals surface area contributed by atoms with Gasteiger partial charge in [0.2, 0.25) is 5.06 Å². The molecule has 2 rings (SSSR count). The number of hydrogen-bond donors (Lipinski definition) is 3. The molecule has 1 fully saturated rings. The lowest BCUT2D eigenvalue weighted by Crippen LogP contribution is -2.54. The third-order valence-electron chi connectivity index (χ3n) is 4.37. The Bertz CT molecular complexity index is 881. The number of phenols is 1. The molecule has 0 bridgehead atoms. The van der Waals surface area contributed by atoms with Crippen LogP contribution in [-0.4, -0.2) is 88.9 Å². The van der Waals surface area contributed by atoms with Gasteiger partial charge in [-0.1, -0.05) is 0 Å². The van der Waals surface area contributed by atoms with Crippen LogP contribution in [0.15, 0.2) is 18.2 Å². The summed E-state index contributed by atoms with van der Waals surface area (Å²) in [6, 6.07) is 4.25. The minimum atomic E-state index is -4.00. The summed E-state index contributed by atoms with van der Waals surface area (Å²) in [5, 5.41) is 21.0. The van der Waals surface area contributed by atoms with Crippen molar-refractivity contribution in [2.45, 2.75) is 17.5 Å². The Labute approximate surface area is 191 Å². The summed E-state index contributed by atoms with van der Waals surface area (Å²) in [4.78, 5) is 11.6. The maximum atomic E-state index is 11.9. The zero-order chi connectivity index (χ0) is 23.8. The number of carboxylic acids is 1. The summed E-state index contributed by atoms with van der Waals surface area (Å²) in [6.07, 6.45) is 0.852. The molecule has 182 valence electrons. The SMILES string of the molecule is COCCOCCOCCOc1ccc(C2(OS(C)(=O)=O)N[C@@](C)(C(=O)O)CS2)c(O)c1. The first-order valence-corrected chi connectivity index (χ1v) is 12.5. The van der Waals surface area contributed by atoms with Crippen molar-refractivity contribution in [2.75, 3.05) is 58.8 Å². The molecule has 1 aromatic carbocycles. The Balaban J connectivity index is 2.00. The van der Waals surface area contributed by atoms with Gasteiger partial charge in [0.1, 0.15) is 23.6 Å². The minimum Gasteiger partial charge on any atom is -0.507 e. The van der Waals surface area contributed by atoms with E-state index in [0.717, 1.165) is 18.0 Å². The highest BCUT2D eigenvalue weighted by molar-refractivity contribution is 8.01. The number of rotatable bonds is 14. The summed E-state index contributed by atoms with van der Waals surface area (Å²) < 4.78 is 50.0. The van der Waals surface area contributed by atoms with E-state index in [0.29, 0.717) is 38.8 Å². The lowest BCUT2D eigenvalue weighted by molar-refractivity contribution is -0.144. The molecule has 0 aliphatic carbocycles. The monoisotopic (exact) mass is 495 g/mol. The van der Waals surface area contributed by atoms with Crippen molar-refractivity contribution in [2.24, 2.45) is 0 Å². The van der Waals surface area contributed by atoms with Crippen molar-refractivity contribution in [1.82, 2.24) is 5.32 Å². The highest BCUT2D eigenvalue weighted by atomic mass is 32.2. The van der Waals surface area contributed by atoms with E-state index in [9.17, 15) is 23.4 Å². The fraction of sp³-hybridized carbons (Fsp3) is 0.632. The molecule has 13 heteroatoms. The van der Waals surface area contributed by atoms with Crippen LogP contribution in [0.25, 0.3) is 0 Å². The first-order valence-electron chi connectivity index (χ1n) is 9.69. The third-order valence-corrected chi connectivity index (χ3v) is 6.56. The Morgan fingerprint density at radius 1 is 1.16 bits per heavy atom. The zero-order valence-electron chi connectivity index (χ0n) is 18.2. The second-order valence-corrected chi connectivity index (χ2v) is 9.93. The first kappa shape index (κ1) is 26.6. The molecule has 1 aliphatic heterocycles. The molecule has 3 N–H and O–H groups in total.